The van der Waals surface area contributed by atoms with Gasteiger partial charge in [0.1, 0.15) is 16.1 Å². The molecule has 0 aliphatic carbocycles. The van der Waals surface area contributed by atoms with Crippen molar-refractivity contribution in [3.8, 4) is 22.6 Å². The standard InChI is InChI=1S/C17H10BrNOS/c18-16-9-8-11(10-19-16)12-4-3-7-15-17(12)20-13-5-1-2-6-14(13)21-15/h1-10H. The van der Waals surface area contributed by atoms with E-state index in [4.69, 9.17) is 4.74 Å². The van der Waals surface area contributed by atoms with E-state index in [1.54, 1.807) is 11.8 Å². The van der Waals surface area contributed by atoms with Gasteiger partial charge in [-0.1, -0.05) is 42.1 Å². The van der Waals surface area contributed by atoms with Gasteiger partial charge in [-0.2, -0.15) is 0 Å². The zero-order valence-corrected chi connectivity index (χ0v) is 13.3. The van der Waals surface area contributed by atoms with Gasteiger partial charge in [-0.05, 0) is 40.2 Å². The summed E-state index contributed by atoms with van der Waals surface area (Å²) in [5.41, 5.74) is 2.12. The molecule has 2 heterocycles. The molecule has 0 bridgehead atoms. The van der Waals surface area contributed by atoms with Gasteiger partial charge < -0.3 is 4.74 Å². The number of fused-ring (bicyclic) bond motifs is 2. The van der Waals surface area contributed by atoms with Gasteiger partial charge in [-0.15, -0.1) is 0 Å². The van der Waals surface area contributed by atoms with E-state index >= 15 is 0 Å². The molecule has 0 unspecified atom stereocenters. The lowest BCUT2D eigenvalue weighted by Crippen LogP contribution is -1.97. The molecule has 2 nitrogen and oxygen atoms in total. The van der Waals surface area contributed by atoms with Gasteiger partial charge >= 0.3 is 0 Å². The lowest BCUT2D eigenvalue weighted by Gasteiger charge is -2.21. The zero-order chi connectivity index (χ0) is 14.2. The number of hydrogen-bond acceptors (Lipinski definition) is 3. The van der Waals surface area contributed by atoms with Gasteiger partial charge in [0, 0.05) is 17.3 Å². The molecule has 1 aliphatic rings. The average molecular weight is 356 g/mol. The van der Waals surface area contributed by atoms with Crippen LogP contribution in [0.5, 0.6) is 11.5 Å². The normalized spacial score (nSPS) is 12.2. The van der Waals surface area contributed by atoms with Crippen molar-refractivity contribution >= 4 is 27.7 Å². The molecule has 0 amide bonds. The highest BCUT2D eigenvalue weighted by Crippen LogP contribution is 2.50. The number of pyridine rings is 1. The fraction of sp³-hybridized carbons (Fsp3) is 0. The van der Waals surface area contributed by atoms with Crippen molar-refractivity contribution in [1.29, 1.82) is 0 Å². The van der Waals surface area contributed by atoms with Gasteiger partial charge in [0.2, 0.25) is 0 Å². The molecular weight excluding hydrogens is 346 g/mol. The van der Waals surface area contributed by atoms with Crippen molar-refractivity contribution < 1.29 is 4.74 Å². The van der Waals surface area contributed by atoms with Crippen molar-refractivity contribution in [1.82, 2.24) is 4.98 Å². The van der Waals surface area contributed by atoms with E-state index in [-0.39, 0.29) is 0 Å². The number of rotatable bonds is 1. The van der Waals surface area contributed by atoms with Crippen LogP contribution < -0.4 is 4.74 Å². The first-order valence-corrected chi connectivity index (χ1v) is 8.12. The number of para-hydroxylation sites is 2. The summed E-state index contributed by atoms with van der Waals surface area (Å²) < 4.78 is 6.96. The molecule has 0 N–H and O–H groups in total. The van der Waals surface area contributed by atoms with Crippen LogP contribution in [0.4, 0.5) is 0 Å². The second-order valence-corrected chi connectivity index (χ2v) is 6.55. The van der Waals surface area contributed by atoms with Gasteiger partial charge in [-0.3, -0.25) is 0 Å². The predicted molar refractivity (Wildman–Crippen MR) is 88.0 cm³/mol. The van der Waals surface area contributed by atoms with Gasteiger partial charge in [0.25, 0.3) is 0 Å². The summed E-state index contributed by atoms with van der Waals surface area (Å²) in [4.78, 5) is 6.59. The lowest BCUT2D eigenvalue weighted by molar-refractivity contribution is 0.456. The lowest BCUT2D eigenvalue weighted by atomic mass is 10.1. The molecule has 3 aromatic rings. The van der Waals surface area contributed by atoms with Crippen LogP contribution in [-0.2, 0) is 0 Å². The van der Waals surface area contributed by atoms with E-state index in [0.29, 0.717) is 0 Å². The summed E-state index contributed by atoms with van der Waals surface area (Å²) in [6.07, 6.45) is 1.86. The zero-order valence-electron chi connectivity index (χ0n) is 10.9. The number of ether oxygens (including phenoxy) is 1. The van der Waals surface area contributed by atoms with Crippen LogP contribution in [0.25, 0.3) is 11.1 Å². The minimum Gasteiger partial charge on any atom is -0.454 e. The van der Waals surface area contributed by atoms with Gasteiger partial charge in [-0.25, -0.2) is 4.98 Å². The monoisotopic (exact) mass is 355 g/mol. The largest absolute Gasteiger partial charge is 0.454 e. The third-order valence-electron chi connectivity index (χ3n) is 3.30. The van der Waals surface area contributed by atoms with Crippen molar-refractivity contribution in [2.75, 3.05) is 0 Å². The summed E-state index contributed by atoms with van der Waals surface area (Å²) in [5, 5.41) is 0. The fourth-order valence-electron chi connectivity index (χ4n) is 2.31. The predicted octanol–water partition coefficient (Wildman–Crippen LogP) is 5.77. The molecule has 4 rings (SSSR count). The number of nitrogens with zero attached hydrogens (tertiary/aromatic N) is 1. The Morgan fingerprint density at radius 1 is 0.905 bits per heavy atom. The molecule has 0 spiro atoms. The maximum Gasteiger partial charge on any atom is 0.149 e. The molecule has 1 aliphatic heterocycles. The molecule has 0 saturated carbocycles. The molecule has 4 heteroatoms. The summed E-state index contributed by atoms with van der Waals surface area (Å²) in [6, 6.07) is 18.3. The van der Waals surface area contributed by atoms with E-state index in [1.165, 1.54) is 0 Å². The topological polar surface area (TPSA) is 22.1 Å². The molecule has 102 valence electrons. The van der Waals surface area contributed by atoms with Crippen LogP contribution in [0.1, 0.15) is 0 Å². The Morgan fingerprint density at radius 2 is 1.76 bits per heavy atom. The van der Waals surface area contributed by atoms with E-state index in [0.717, 1.165) is 37.0 Å². The second kappa shape index (κ2) is 5.20. The fourth-order valence-corrected chi connectivity index (χ4v) is 3.53. The van der Waals surface area contributed by atoms with Crippen molar-refractivity contribution in [2.24, 2.45) is 0 Å². The molecule has 0 fully saturated rings. The SMILES string of the molecule is Brc1ccc(-c2cccc3c2Oc2ccccc2S3)cn1. The Balaban J connectivity index is 1.84. The maximum atomic E-state index is 6.13. The second-order valence-electron chi connectivity index (χ2n) is 4.65. The Bertz CT molecular complexity index is 817. The number of halogens is 1. The highest BCUT2D eigenvalue weighted by Gasteiger charge is 2.20. The van der Waals surface area contributed by atoms with Crippen molar-refractivity contribution in [3.63, 3.8) is 0 Å². The van der Waals surface area contributed by atoms with E-state index < -0.39 is 0 Å². The third-order valence-corrected chi connectivity index (χ3v) is 4.87. The molecule has 1 aromatic heterocycles. The third kappa shape index (κ3) is 2.34. The number of aromatic nitrogens is 1. The van der Waals surface area contributed by atoms with Gasteiger partial charge in [0.05, 0.1) is 9.79 Å². The highest BCUT2D eigenvalue weighted by molar-refractivity contribution is 9.10. The number of hydrogen-bond donors (Lipinski definition) is 0. The Hall–Kier alpha value is -1.78. The molecule has 21 heavy (non-hydrogen) atoms. The van der Waals surface area contributed by atoms with E-state index in [2.05, 4.69) is 45.2 Å². The first-order chi connectivity index (χ1) is 10.3. The molecule has 0 radical (unpaired) electrons. The summed E-state index contributed by atoms with van der Waals surface area (Å²) >= 11 is 5.11. The van der Waals surface area contributed by atoms with Gasteiger partial charge in [0.15, 0.2) is 0 Å². The summed E-state index contributed by atoms with van der Waals surface area (Å²) in [5.74, 6) is 1.82. The first-order valence-electron chi connectivity index (χ1n) is 6.51. The van der Waals surface area contributed by atoms with E-state index in [1.807, 2.05) is 36.5 Å². The van der Waals surface area contributed by atoms with Crippen LogP contribution in [0.2, 0.25) is 0 Å². The van der Waals surface area contributed by atoms with Crippen molar-refractivity contribution in [3.05, 3.63) is 65.4 Å². The van der Waals surface area contributed by atoms with Crippen LogP contribution >= 0.6 is 27.7 Å². The Labute approximate surface area is 135 Å². The maximum absolute atomic E-state index is 6.13. The van der Waals surface area contributed by atoms with Crippen LogP contribution in [0.3, 0.4) is 0 Å². The smallest absolute Gasteiger partial charge is 0.149 e. The Morgan fingerprint density at radius 3 is 2.62 bits per heavy atom. The minimum absolute atomic E-state index is 0.830. The van der Waals surface area contributed by atoms with E-state index in [9.17, 15) is 0 Å². The molecular formula is C17H10BrNOS. The quantitative estimate of drug-likeness (QED) is 0.404. The molecule has 0 saturated heterocycles. The molecule has 0 atom stereocenters. The van der Waals surface area contributed by atoms with Crippen LogP contribution in [-0.4, -0.2) is 4.98 Å². The van der Waals surface area contributed by atoms with Crippen molar-refractivity contribution in [2.45, 2.75) is 9.79 Å². The summed E-state index contributed by atoms with van der Waals surface area (Å²) in [6.45, 7) is 0. The Kier molecular flexibility index (Phi) is 3.20. The van der Waals surface area contributed by atoms with Crippen LogP contribution in [0.15, 0.2) is 75.2 Å². The first kappa shape index (κ1) is 12.9. The van der Waals surface area contributed by atoms with Crippen LogP contribution in [0, 0.1) is 0 Å². The minimum atomic E-state index is 0.830. The number of benzene rings is 2. The average Bonchev–Trinajstić information content (AvgIpc) is 2.53. The highest BCUT2D eigenvalue weighted by atomic mass is 79.9. The molecule has 2 aromatic carbocycles. The summed E-state index contributed by atoms with van der Waals surface area (Å²) in [7, 11) is 0.